The summed E-state index contributed by atoms with van der Waals surface area (Å²) in [4.78, 5) is 8.78. The van der Waals surface area contributed by atoms with E-state index in [4.69, 9.17) is 11.6 Å². The van der Waals surface area contributed by atoms with Crippen LogP contribution >= 0.6 is 11.6 Å². The predicted octanol–water partition coefficient (Wildman–Crippen LogP) is 3.74. The van der Waals surface area contributed by atoms with Crippen molar-refractivity contribution in [3.63, 3.8) is 0 Å². The van der Waals surface area contributed by atoms with E-state index in [1.54, 1.807) is 0 Å². The van der Waals surface area contributed by atoms with Crippen LogP contribution in [0.5, 0.6) is 0 Å². The summed E-state index contributed by atoms with van der Waals surface area (Å²) in [6, 6.07) is 0.493. The number of aryl methyl sites for hydroxylation is 2. The van der Waals surface area contributed by atoms with Crippen molar-refractivity contribution in [3.8, 4) is 0 Å². The van der Waals surface area contributed by atoms with Crippen molar-refractivity contribution in [2.45, 2.75) is 52.5 Å². The van der Waals surface area contributed by atoms with E-state index in [0.29, 0.717) is 11.2 Å². The van der Waals surface area contributed by atoms with Gasteiger partial charge in [-0.15, -0.1) is 0 Å². The monoisotopic (exact) mass is 253 g/mol. The zero-order valence-electron chi connectivity index (χ0n) is 10.8. The van der Waals surface area contributed by atoms with Crippen molar-refractivity contribution in [3.05, 3.63) is 16.5 Å². The molecule has 2 atom stereocenters. The molecule has 2 rings (SSSR count). The van der Waals surface area contributed by atoms with Crippen LogP contribution in [0.2, 0.25) is 5.15 Å². The van der Waals surface area contributed by atoms with Gasteiger partial charge in [0.05, 0.1) is 11.4 Å². The minimum absolute atomic E-state index is 0.492. The molecule has 1 N–H and O–H groups in total. The molecule has 1 saturated carbocycles. The molecule has 0 radical (unpaired) electrons. The lowest BCUT2D eigenvalue weighted by Gasteiger charge is -2.28. The number of hydrogen-bond acceptors (Lipinski definition) is 3. The number of nitrogens with zero attached hydrogens (tertiary/aromatic N) is 2. The van der Waals surface area contributed by atoms with Crippen LogP contribution in [-0.2, 0) is 0 Å². The highest BCUT2D eigenvalue weighted by atomic mass is 35.5. The largest absolute Gasteiger partial charge is 0.365 e. The van der Waals surface area contributed by atoms with Crippen LogP contribution in [0, 0.1) is 19.8 Å². The Hall–Kier alpha value is -0.830. The lowest BCUT2D eigenvalue weighted by Crippen LogP contribution is -2.27. The Kier molecular flexibility index (Phi) is 3.87. The van der Waals surface area contributed by atoms with Crippen LogP contribution in [-0.4, -0.2) is 16.0 Å². The van der Waals surface area contributed by atoms with E-state index in [1.807, 2.05) is 13.8 Å². The number of aromatic nitrogens is 2. The van der Waals surface area contributed by atoms with Crippen LogP contribution in [0.4, 0.5) is 5.82 Å². The van der Waals surface area contributed by atoms with Crippen LogP contribution in [0.25, 0.3) is 0 Å². The molecule has 1 aromatic rings. The van der Waals surface area contributed by atoms with E-state index in [2.05, 4.69) is 22.2 Å². The van der Waals surface area contributed by atoms with Crippen molar-refractivity contribution in [2.24, 2.45) is 5.92 Å². The molecule has 0 bridgehead atoms. The van der Waals surface area contributed by atoms with E-state index in [-0.39, 0.29) is 0 Å². The highest BCUT2D eigenvalue weighted by molar-refractivity contribution is 6.31. The molecule has 4 heteroatoms. The Morgan fingerprint density at radius 1 is 1.18 bits per heavy atom. The fourth-order valence-corrected chi connectivity index (χ4v) is 2.65. The van der Waals surface area contributed by atoms with Crippen LogP contribution in [0.1, 0.15) is 44.0 Å². The zero-order valence-corrected chi connectivity index (χ0v) is 11.5. The average molecular weight is 254 g/mol. The Balaban J connectivity index is 2.10. The van der Waals surface area contributed by atoms with Gasteiger partial charge in [0.2, 0.25) is 0 Å². The summed E-state index contributed by atoms with van der Waals surface area (Å²) >= 11 is 6.12. The second-order valence-electron chi connectivity index (χ2n) is 5.15. The third-order valence-corrected chi connectivity index (χ3v) is 3.81. The van der Waals surface area contributed by atoms with Crippen molar-refractivity contribution < 1.29 is 0 Å². The molecule has 1 aliphatic carbocycles. The highest BCUT2D eigenvalue weighted by Gasteiger charge is 2.20. The Morgan fingerprint density at radius 3 is 2.59 bits per heavy atom. The number of nitrogens with one attached hydrogen (secondary N) is 1. The van der Waals surface area contributed by atoms with Gasteiger partial charge in [-0.25, -0.2) is 9.97 Å². The maximum absolute atomic E-state index is 6.12. The molecule has 0 amide bonds. The van der Waals surface area contributed by atoms with E-state index in [1.165, 1.54) is 25.7 Å². The minimum Gasteiger partial charge on any atom is -0.365 e. The number of halogens is 1. The quantitative estimate of drug-likeness (QED) is 0.873. The molecule has 0 aliphatic heterocycles. The maximum atomic E-state index is 6.12. The molecule has 1 fully saturated rings. The van der Waals surface area contributed by atoms with Crippen LogP contribution in [0.3, 0.4) is 0 Å². The summed E-state index contributed by atoms with van der Waals surface area (Å²) in [6.07, 6.45) is 5.03. The van der Waals surface area contributed by atoms with Gasteiger partial charge in [0.25, 0.3) is 0 Å². The molecule has 94 valence electrons. The summed E-state index contributed by atoms with van der Waals surface area (Å²) in [5.41, 5.74) is 1.85. The molecular formula is C13H20ClN3. The van der Waals surface area contributed by atoms with E-state index in [9.17, 15) is 0 Å². The molecule has 0 aromatic carbocycles. The van der Waals surface area contributed by atoms with Crippen LogP contribution in [0.15, 0.2) is 0 Å². The predicted molar refractivity (Wildman–Crippen MR) is 71.6 cm³/mol. The second-order valence-corrected chi connectivity index (χ2v) is 5.50. The first-order valence-corrected chi connectivity index (χ1v) is 6.71. The molecule has 0 saturated heterocycles. The third kappa shape index (κ3) is 3.09. The fraction of sp³-hybridized carbons (Fsp3) is 0.692. The first kappa shape index (κ1) is 12.6. The molecule has 17 heavy (non-hydrogen) atoms. The molecule has 1 heterocycles. The molecule has 0 spiro atoms. The average Bonchev–Trinajstić information content (AvgIpc) is 2.26. The summed E-state index contributed by atoms with van der Waals surface area (Å²) in [5, 5.41) is 3.93. The van der Waals surface area contributed by atoms with Crippen molar-refractivity contribution in [1.29, 1.82) is 0 Å². The minimum atomic E-state index is 0.492. The normalized spacial score (nSPS) is 24.7. The Bertz CT molecular complexity index is 406. The maximum Gasteiger partial charge on any atom is 0.171 e. The van der Waals surface area contributed by atoms with Gasteiger partial charge in [-0.3, -0.25) is 0 Å². The lowest BCUT2D eigenvalue weighted by atomic mass is 9.87. The number of hydrogen-bond donors (Lipinski definition) is 1. The van der Waals surface area contributed by atoms with Gasteiger partial charge < -0.3 is 5.32 Å². The van der Waals surface area contributed by atoms with Gasteiger partial charge >= 0.3 is 0 Å². The second kappa shape index (κ2) is 5.21. The fourth-order valence-electron chi connectivity index (χ4n) is 2.43. The first-order valence-electron chi connectivity index (χ1n) is 6.33. The smallest absolute Gasteiger partial charge is 0.171 e. The zero-order chi connectivity index (χ0) is 12.4. The summed E-state index contributed by atoms with van der Waals surface area (Å²) in [6.45, 7) is 6.20. The van der Waals surface area contributed by atoms with Gasteiger partial charge in [0.15, 0.2) is 11.0 Å². The number of rotatable bonds is 2. The van der Waals surface area contributed by atoms with E-state index in [0.717, 1.165) is 23.1 Å². The lowest BCUT2D eigenvalue weighted by molar-refractivity contribution is 0.358. The van der Waals surface area contributed by atoms with Crippen molar-refractivity contribution >= 4 is 17.4 Å². The standard InChI is InChI=1S/C13H20ClN3/c1-8-5-4-6-11(7-8)17-13-12(14)15-9(2)10(3)16-13/h8,11H,4-7H2,1-3H3,(H,16,17). The highest BCUT2D eigenvalue weighted by Crippen LogP contribution is 2.27. The van der Waals surface area contributed by atoms with Crippen molar-refractivity contribution in [1.82, 2.24) is 9.97 Å². The molecular weight excluding hydrogens is 234 g/mol. The van der Waals surface area contributed by atoms with Gasteiger partial charge in [-0.05, 0) is 32.6 Å². The summed E-state index contributed by atoms with van der Waals surface area (Å²) < 4.78 is 0. The summed E-state index contributed by atoms with van der Waals surface area (Å²) in [7, 11) is 0. The van der Waals surface area contributed by atoms with Gasteiger partial charge in [0.1, 0.15) is 0 Å². The molecule has 1 aliphatic rings. The first-order chi connectivity index (χ1) is 8.06. The van der Waals surface area contributed by atoms with E-state index < -0.39 is 0 Å². The number of anilines is 1. The van der Waals surface area contributed by atoms with Gasteiger partial charge in [-0.1, -0.05) is 31.4 Å². The Labute approximate surface area is 108 Å². The topological polar surface area (TPSA) is 37.8 Å². The molecule has 3 nitrogen and oxygen atoms in total. The van der Waals surface area contributed by atoms with E-state index >= 15 is 0 Å². The van der Waals surface area contributed by atoms with Gasteiger partial charge in [-0.2, -0.15) is 0 Å². The van der Waals surface area contributed by atoms with Gasteiger partial charge in [0, 0.05) is 6.04 Å². The Morgan fingerprint density at radius 2 is 1.88 bits per heavy atom. The molecule has 1 aromatic heterocycles. The van der Waals surface area contributed by atoms with Crippen molar-refractivity contribution in [2.75, 3.05) is 5.32 Å². The molecule has 2 unspecified atom stereocenters. The summed E-state index contributed by atoms with van der Waals surface area (Å²) in [5.74, 6) is 1.54. The third-order valence-electron chi connectivity index (χ3n) is 3.54. The van der Waals surface area contributed by atoms with Crippen LogP contribution < -0.4 is 5.32 Å². The SMILES string of the molecule is Cc1nc(Cl)c(NC2CCCC(C)C2)nc1C.